The first-order chi connectivity index (χ1) is 18.1. The molecule has 7 N–H and O–H groups in total. The van der Waals surface area contributed by atoms with E-state index < -0.39 is 22.0 Å². The predicted molar refractivity (Wildman–Crippen MR) is 146 cm³/mol. The summed E-state index contributed by atoms with van der Waals surface area (Å²) < 4.78 is 52.5. The lowest BCUT2D eigenvalue weighted by Crippen LogP contribution is -2.32. The minimum absolute atomic E-state index is 0. The number of sulfonamides is 1. The molecule has 40 heavy (non-hydrogen) atoms. The fraction of sp³-hybridized carbons (Fsp3) is 0.462. The Labute approximate surface area is 233 Å². The molecule has 0 unspecified atom stereocenters. The van der Waals surface area contributed by atoms with E-state index in [-0.39, 0.29) is 58.4 Å². The van der Waals surface area contributed by atoms with Gasteiger partial charge < -0.3 is 40.0 Å². The van der Waals surface area contributed by atoms with E-state index in [4.69, 9.17) is 28.8 Å². The van der Waals surface area contributed by atoms with E-state index in [9.17, 15) is 18.0 Å². The number of primary sulfonamides is 1. The number of nitrogens with two attached hydrogens (primary N) is 1. The monoisotopic (exact) mass is 586 g/mol. The van der Waals surface area contributed by atoms with Gasteiger partial charge in [-0.2, -0.15) is 0 Å². The molecule has 14 heteroatoms. The number of hydrogen-bond acceptors (Lipinski definition) is 10. The highest BCUT2D eigenvalue weighted by Crippen LogP contribution is 2.45. The Morgan fingerprint density at radius 2 is 1.57 bits per heavy atom. The quantitative estimate of drug-likeness (QED) is 0.217. The number of nitrogens with one attached hydrogen (secondary N) is 1. The number of benzene rings is 2. The minimum Gasteiger partial charge on any atom is -0.491 e. The van der Waals surface area contributed by atoms with Crippen molar-refractivity contribution >= 4 is 22.0 Å². The molecule has 0 bridgehead atoms. The van der Waals surface area contributed by atoms with Gasteiger partial charge in [0.25, 0.3) is 0 Å². The molecule has 0 radical (unpaired) electrons. The van der Waals surface area contributed by atoms with Gasteiger partial charge in [-0.15, -0.1) is 0 Å². The average molecular weight is 587 g/mol. The normalized spacial score (nSPS) is 14.3. The van der Waals surface area contributed by atoms with Crippen LogP contribution in [0, 0.1) is 0 Å². The predicted octanol–water partition coefficient (Wildman–Crippen LogP) is 1.08. The summed E-state index contributed by atoms with van der Waals surface area (Å²) in [7, 11) is -3.06. The summed E-state index contributed by atoms with van der Waals surface area (Å²) >= 11 is 0. The lowest BCUT2D eigenvalue weighted by atomic mass is 10.0. The molecule has 1 atom stereocenters. The first-order valence-electron chi connectivity index (χ1n) is 12.4. The molecule has 3 rings (SSSR count). The third-order valence-corrected chi connectivity index (χ3v) is 6.63. The third kappa shape index (κ3) is 9.34. The zero-order chi connectivity index (χ0) is 27.7. The lowest BCUT2D eigenvalue weighted by molar-refractivity contribution is -0.138. The highest BCUT2D eigenvalue weighted by Gasteiger charge is 2.30. The van der Waals surface area contributed by atoms with Gasteiger partial charge in [0.2, 0.25) is 15.8 Å². The number of ether oxygens (including phenoxy) is 5. The summed E-state index contributed by atoms with van der Waals surface area (Å²) in [5.41, 5.74) is 0.314. The summed E-state index contributed by atoms with van der Waals surface area (Å²) in [5.74, 6) is -0.497. The van der Waals surface area contributed by atoms with E-state index in [0.29, 0.717) is 49.7 Å². The first-order valence-corrected chi connectivity index (χ1v) is 13.9. The maximum Gasteiger partial charge on any atom is 0.311 e. The van der Waals surface area contributed by atoms with Crippen molar-refractivity contribution in [3.8, 4) is 28.7 Å². The van der Waals surface area contributed by atoms with E-state index in [1.807, 2.05) is 38.1 Å². The smallest absolute Gasteiger partial charge is 0.311 e. The molecular weight excluding hydrogens is 548 g/mol. The van der Waals surface area contributed by atoms with E-state index >= 15 is 0 Å². The zero-order valence-corrected chi connectivity index (χ0v) is 23.6. The molecule has 224 valence electrons. The van der Waals surface area contributed by atoms with Crippen LogP contribution in [0.2, 0.25) is 0 Å². The van der Waals surface area contributed by atoms with Gasteiger partial charge in [-0.25, -0.2) is 13.6 Å². The summed E-state index contributed by atoms with van der Waals surface area (Å²) in [5, 5.41) is 8.73. The number of fused-ring (bicyclic) bond motifs is 1. The van der Waals surface area contributed by atoms with Crippen LogP contribution in [-0.4, -0.2) is 64.2 Å². The molecule has 0 spiro atoms. The first kappa shape index (κ1) is 34.6. The number of esters is 2. The standard InChI is InChI=1S/C26H34N2O9S.2H2O/c1-4-34-19-9-5-6-10-20(19)35-14-13-28-17(2)15-18-16-21(38(27,31)32)25(33-3)26-24(18)36-22(29)11-7-8-12-23(30)37-26;;/h5-6,9-10,16-17,28H,4,7-8,11-15H2,1-3H3,(H2,27,31,32);2*1H2/t17-;;/m1../s1. The maximum atomic E-state index is 12.5. The highest BCUT2D eigenvalue weighted by molar-refractivity contribution is 7.89. The van der Waals surface area contributed by atoms with Crippen molar-refractivity contribution in [2.75, 3.05) is 26.9 Å². The molecule has 13 nitrogen and oxygen atoms in total. The SMILES string of the molecule is CCOc1ccccc1OCCN[C@H](C)Cc1cc(S(N)(=O)=O)c(OC)c2c1OC(=O)CCCCC(=O)O2.O.O. The lowest BCUT2D eigenvalue weighted by Gasteiger charge is -2.22. The molecule has 1 aliphatic heterocycles. The Morgan fingerprint density at radius 1 is 1.00 bits per heavy atom. The van der Waals surface area contributed by atoms with Crippen molar-refractivity contribution in [3.05, 3.63) is 35.9 Å². The van der Waals surface area contributed by atoms with Crippen LogP contribution in [0.3, 0.4) is 0 Å². The van der Waals surface area contributed by atoms with Crippen molar-refractivity contribution < 1.29 is 52.6 Å². The molecule has 1 heterocycles. The van der Waals surface area contributed by atoms with E-state index in [2.05, 4.69) is 5.32 Å². The molecule has 0 aliphatic carbocycles. The van der Waals surface area contributed by atoms with Crippen LogP contribution in [0.4, 0.5) is 0 Å². The maximum absolute atomic E-state index is 12.5. The fourth-order valence-corrected chi connectivity index (χ4v) is 4.73. The fourth-order valence-electron chi connectivity index (χ4n) is 3.99. The number of carbonyl (C=O) groups is 2. The van der Waals surface area contributed by atoms with Crippen LogP contribution in [0.1, 0.15) is 45.1 Å². The van der Waals surface area contributed by atoms with Crippen molar-refractivity contribution in [2.24, 2.45) is 5.14 Å². The summed E-state index contributed by atoms with van der Waals surface area (Å²) in [4.78, 5) is 24.5. The van der Waals surface area contributed by atoms with Gasteiger partial charge in [0.1, 0.15) is 11.5 Å². The van der Waals surface area contributed by atoms with Gasteiger partial charge >= 0.3 is 11.9 Å². The van der Waals surface area contributed by atoms with Crippen molar-refractivity contribution in [3.63, 3.8) is 0 Å². The number of carbonyl (C=O) groups excluding carboxylic acids is 2. The second-order valence-corrected chi connectivity index (χ2v) is 10.2. The van der Waals surface area contributed by atoms with Gasteiger partial charge in [-0.3, -0.25) is 9.59 Å². The molecular formula is C26H38N2O11S. The molecule has 2 aromatic rings. The van der Waals surface area contributed by atoms with E-state index in [1.54, 1.807) is 0 Å². The molecule has 1 aliphatic rings. The van der Waals surface area contributed by atoms with Crippen LogP contribution in [0.5, 0.6) is 28.7 Å². The number of rotatable bonds is 11. The summed E-state index contributed by atoms with van der Waals surface area (Å²) in [6.07, 6.45) is 1.24. The largest absolute Gasteiger partial charge is 0.491 e. The van der Waals surface area contributed by atoms with Gasteiger partial charge in [0, 0.05) is 31.0 Å². The van der Waals surface area contributed by atoms with Crippen LogP contribution in [-0.2, 0) is 26.0 Å². The van der Waals surface area contributed by atoms with Crippen molar-refractivity contribution in [1.82, 2.24) is 5.32 Å². The Hall–Kier alpha value is -3.43. The van der Waals surface area contributed by atoms with Gasteiger partial charge in [-0.1, -0.05) is 12.1 Å². The number of para-hydroxylation sites is 2. The Morgan fingerprint density at radius 3 is 2.12 bits per heavy atom. The molecule has 2 aromatic carbocycles. The number of methoxy groups -OCH3 is 1. The molecule has 0 saturated heterocycles. The Kier molecular flexibility index (Phi) is 13.8. The van der Waals surface area contributed by atoms with Gasteiger partial charge in [0.15, 0.2) is 23.0 Å². The second kappa shape index (κ2) is 16.0. The van der Waals surface area contributed by atoms with Gasteiger partial charge in [0.05, 0.1) is 13.7 Å². The highest BCUT2D eigenvalue weighted by atomic mass is 32.2. The second-order valence-electron chi connectivity index (χ2n) is 8.71. The van der Waals surface area contributed by atoms with Crippen molar-refractivity contribution in [1.29, 1.82) is 0 Å². The van der Waals surface area contributed by atoms with E-state index in [0.717, 1.165) is 0 Å². The van der Waals surface area contributed by atoms with Crippen LogP contribution >= 0.6 is 0 Å². The summed E-state index contributed by atoms with van der Waals surface area (Å²) in [6.45, 7) is 5.07. The average Bonchev–Trinajstić information content (AvgIpc) is 2.86. The Balaban J connectivity index is 0.00000400. The van der Waals surface area contributed by atoms with Crippen molar-refractivity contribution in [2.45, 2.75) is 56.9 Å². The molecule has 0 aromatic heterocycles. The van der Waals surface area contributed by atoms with Crippen LogP contribution in [0.25, 0.3) is 0 Å². The topological polar surface area (TPSA) is 215 Å². The molecule has 0 saturated carbocycles. The minimum atomic E-state index is -4.28. The third-order valence-electron chi connectivity index (χ3n) is 5.71. The number of hydrogen-bond donors (Lipinski definition) is 2. The molecule has 0 fully saturated rings. The van der Waals surface area contributed by atoms with Crippen LogP contribution in [0.15, 0.2) is 35.2 Å². The molecule has 0 amide bonds. The van der Waals surface area contributed by atoms with Gasteiger partial charge in [-0.05, 0) is 51.3 Å². The zero-order valence-electron chi connectivity index (χ0n) is 22.8. The Bertz CT molecular complexity index is 1250. The van der Waals surface area contributed by atoms with E-state index in [1.165, 1.54) is 13.2 Å². The summed E-state index contributed by atoms with van der Waals surface area (Å²) in [6, 6.07) is 8.42. The van der Waals surface area contributed by atoms with Crippen LogP contribution < -0.4 is 34.1 Å².